The van der Waals surface area contributed by atoms with Crippen LogP contribution in [-0.2, 0) is 6.54 Å². The van der Waals surface area contributed by atoms with E-state index in [0.717, 1.165) is 30.1 Å². The Hall–Kier alpha value is -2.59. The zero-order valence-corrected chi connectivity index (χ0v) is 15.9. The van der Waals surface area contributed by atoms with Crippen molar-refractivity contribution >= 4 is 22.4 Å². The van der Waals surface area contributed by atoms with Gasteiger partial charge in [-0.05, 0) is 67.1 Å². The normalized spacial score (nSPS) is 11.2. The first-order valence-corrected chi connectivity index (χ1v) is 9.79. The van der Waals surface area contributed by atoms with Crippen molar-refractivity contribution in [3.8, 4) is 16.5 Å². The molecule has 0 spiro atoms. The Morgan fingerprint density at radius 1 is 1.00 bits per heavy atom. The second-order valence-electron chi connectivity index (χ2n) is 6.50. The Morgan fingerprint density at radius 2 is 1.88 bits per heavy atom. The van der Waals surface area contributed by atoms with Crippen molar-refractivity contribution in [1.82, 2.24) is 9.55 Å². The van der Waals surface area contributed by atoms with E-state index in [9.17, 15) is 0 Å². The molecule has 4 rings (SSSR count). The van der Waals surface area contributed by atoms with Gasteiger partial charge in [0.05, 0.1) is 22.5 Å². The summed E-state index contributed by atoms with van der Waals surface area (Å²) in [4.78, 5) is 6.05. The zero-order chi connectivity index (χ0) is 17.9. The van der Waals surface area contributed by atoms with E-state index >= 15 is 0 Å². The van der Waals surface area contributed by atoms with Crippen LogP contribution in [0.3, 0.4) is 0 Å². The summed E-state index contributed by atoms with van der Waals surface area (Å²) in [5, 5.41) is 2.10. The molecule has 0 saturated carbocycles. The molecule has 0 aliphatic heterocycles. The third-order valence-corrected chi connectivity index (χ3v) is 5.54. The lowest BCUT2D eigenvalue weighted by Crippen LogP contribution is -2.06. The highest BCUT2D eigenvalue weighted by molar-refractivity contribution is 7.13. The molecule has 26 heavy (non-hydrogen) atoms. The molecule has 0 radical (unpaired) electrons. The summed E-state index contributed by atoms with van der Waals surface area (Å²) in [6.45, 7) is 5.82. The third-order valence-electron chi connectivity index (χ3n) is 4.67. The Labute approximate surface area is 157 Å². The molecule has 0 fully saturated rings. The predicted octanol–water partition coefficient (Wildman–Crippen LogP) is 5.85. The lowest BCUT2D eigenvalue weighted by atomic mass is 10.1. The first-order valence-electron chi connectivity index (χ1n) is 8.91. The van der Waals surface area contributed by atoms with E-state index in [1.54, 1.807) is 11.3 Å². The average Bonchev–Trinajstić information content (AvgIpc) is 3.29. The fourth-order valence-electron chi connectivity index (χ4n) is 3.11. The molecule has 0 saturated heterocycles. The van der Waals surface area contributed by atoms with Crippen LogP contribution in [0, 0.1) is 13.8 Å². The molecule has 4 aromatic rings. The summed E-state index contributed by atoms with van der Waals surface area (Å²) in [7, 11) is 0. The molecule has 132 valence electrons. The maximum Gasteiger partial charge on any atom is 0.151 e. The number of para-hydroxylation sites is 2. The number of hydrogen-bond donors (Lipinski definition) is 0. The van der Waals surface area contributed by atoms with E-state index in [2.05, 4.69) is 66.3 Å². The fraction of sp³-hybridized carbons (Fsp3) is 0.227. The van der Waals surface area contributed by atoms with Gasteiger partial charge in [0, 0.05) is 6.54 Å². The van der Waals surface area contributed by atoms with Crippen molar-refractivity contribution in [2.45, 2.75) is 26.8 Å². The van der Waals surface area contributed by atoms with Crippen LogP contribution >= 0.6 is 11.3 Å². The molecule has 2 aromatic carbocycles. The van der Waals surface area contributed by atoms with Crippen LogP contribution in [0.15, 0.2) is 60.0 Å². The van der Waals surface area contributed by atoms with Crippen molar-refractivity contribution < 1.29 is 4.74 Å². The first kappa shape index (κ1) is 16.9. The van der Waals surface area contributed by atoms with Gasteiger partial charge in [-0.2, -0.15) is 0 Å². The second kappa shape index (κ2) is 7.34. The minimum atomic E-state index is 0.693. The van der Waals surface area contributed by atoms with E-state index in [-0.39, 0.29) is 0 Å². The summed E-state index contributed by atoms with van der Waals surface area (Å²) >= 11 is 1.73. The topological polar surface area (TPSA) is 27.1 Å². The van der Waals surface area contributed by atoms with Crippen molar-refractivity contribution in [2.24, 2.45) is 0 Å². The zero-order valence-electron chi connectivity index (χ0n) is 15.1. The van der Waals surface area contributed by atoms with Crippen LogP contribution in [0.4, 0.5) is 0 Å². The van der Waals surface area contributed by atoms with E-state index in [1.165, 1.54) is 21.5 Å². The highest BCUT2D eigenvalue weighted by Gasteiger charge is 2.12. The number of rotatable bonds is 6. The van der Waals surface area contributed by atoms with Crippen LogP contribution in [0.5, 0.6) is 5.75 Å². The molecule has 0 amide bonds. The van der Waals surface area contributed by atoms with Crippen molar-refractivity contribution in [3.63, 3.8) is 0 Å². The minimum Gasteiger partial charge on any atom is -0.494 e. The van der Waals surface area contributed by atoms with Crippen LogP contribution in [0.2, 0.25) is 0 Å². The number of hydrogen-bond acceptors (Lipinski definition) is 3. The number of aromatic nitrogens is 2. The molecule has 0 bridgehead atoms. The van der Waals surface area contributed by atoms with Gasteiger partial charge in [0.1, 0.15) is 5.75 Å². The maximum atomic E-state index is 5.95. The Bertz CT molecular complexity index is 1020. The molecule has 0 aliphatic rings. The van der Waals surface area contributed by atoms with Gasteiger partial charge in [-0.1, -0.05) is 24.3 Å². The van der Waals surface area contributed by atoms with E-state index in [1.807, 2.05) is 12.1 Å². The molecule has 2 aromatic heterocycles. The minimum absolute atomic E-state index is 0.693. The maximum absolute atomic E-state index is 5.95. The predicted molar refractivity (Wildman–Crippen MR) is 109 cm³/mol. The number of benzene rings is 2. The van der Waals surface area contributed by atoms with Crippen LogP contribution in [0.1, 0.15) is 17.5 Å². The largest absolute Gasteiger partial charge is 0.494 e. The molecule has 0 unspecified atom stereocenters. The summed E-state index contributed by atoms with van der Waals surface area (Å²) in [6.07, 6.45) is 0.936. The van der Waals surface area contributed by atoms with E-state index in [0.29, 0.717) is 6.61 Å². The summed E-state index contributed by atoms with van der Waals surface area (Å²) in [5.74, 6) is 1.99. The molecule has 0 atom stereocenters. The SMILES string of the molecule is Cc1ccc(OCCCn2c(-c3cccs3)nc3ccccc32)cc1C. The number of ether oxygens (including phenoxy) is 1. The monoisotopic (exact) mass is 362 g/mol. The Balaban J connectivity index is 1.50. The van der Waals surface area contributed by atoms with E-state index in [4.69, 9.17) is 9.72 Å². The fourth-order valence-corrected chi connectivity index (χ4v) is 3.83. The van der Waals surface area contributed by atoms with Gasteiger partial charge >= 0.3 is 0 Å². The number of imidazole rings is 1. The number of fused-ring (bicyclic) bond motifs is 1. The van der Waals surface area contributed by atoms with Crippen molar-refractivity contribution in [2.75, 3.05) is 6.61 Å². The molecule has 2 heterocycles. The molecular formula is C22H22N2OS. The third kappa shape index (κ3) is 3.37. The molecule has 0 N–H and O–H groups in total. The molecule has 4 heteroatoms. The Kier molecular flexibility index (Phi) is 4.76. The van der Waals surface area contributed by atoms with Crippen LogP contribution in [-0.4, -0.2) is 16.2 Å². The lowest BCUT2D eigenvalue weighted by Gasteiger charge is -2.11. The van der Waals surface area contributed by atoms with Crippen molar-refractivity contribution in [1.29, 1.82) is 0 Å². The summed E-state index contributed by atoms with van der Waals surface area (Å²) in [5.41, 5.74) is 4.79. The number of nitrogens with zero attached hydrogens (tertiary/aromatic N) is 2. The average molecular weight is 362 g/mol. The Morgan fingerprint density at radius 3 is 2.69 bits per heavy atom. The molecule has 0 aliphatic carbocycles. The standard InChI is InChI=1S/C22H22N2OS/c1-16-10-11-18(15-17(16)2)25-13-6-12-24-20-8-4-3-7-19(20)23-22(24)21-9-5-14-26-21/h3-5,7-11,14-15H,6,12-13H2,1-2H3. The van der Waals surface area contributed by atoms with Gasteiger partial charge in [-0.25, -0.2) is 4.98 Å². The van der Waals surface area contributed by atoms with Gasteiger partial charge in [-0.15, -0.1) is 11.3 Å². The smallest absolute Gasteiger partial charge is 0.151 e. The van der Waals surface area contributed by atoms with Crippen LogP contribution in [0.25, 0.3) is 21.7 Å². The van der Waals surface area contributed by atoms with Gasteiger partial charge < -0.3 is 9.30 Å². The number of aryl methyl sites for hydroxylation is 3. The molecular weight excluding hydrogens is 340 g/mol. The quantitative estimate of drug-likeness (QED) is 0.402. The van der Waals surface area contributed by atoms with Gasteiger partial charge in [0.2, 0.25) is 0 Å². The van der Waals surface area contributed by atoms with Gasteiger partial charge in [0.25, 0.3) is 0 Å². The lowest BCUT2D eigenvalue weighted by molar-refractivity contribution is 0.302. The first-order chi connectivity index (χ1) is 12.7. The highest BCUT2D eigenvalue weighted by atomic mass is 32.1. The summed E-state index contributed by atoms with van der Waals surface area (Å²) in [6, 6.07) is 18.8. The van der Waals surface area contributed by atoms with Crippen molar-refractivity contribution in [3.05, 3.63) is 71.1 Å². The van der Waals surface area contributed by atoms with Gasteiger partial charge in [0.15, 0.2) is 5.82 Å². The second-order valence-corrected chi connectivity index (χ2v) is 7.45. The highest BCUT2D eigenvalue weighted by Crippen LogP contribution is 2.28. The number of thiophene rings is 1. The van der Waals surface area contributed by atoms with Crippen LogP contribution < -0.4 is 4.74 Å². The van der Waals surface area contributed by atoms with E-state index < -0.39 is 0 Å². The van der Waals surface area contributed by atoms with Gasteiger partial charge in [-0.3, -0.25) is 0 Å². The summed E-state index contributed by atoms with van der Waals surface area (Å²) < 4.78 is 8.26. The molecule has 3 nitrogen and oxygen atoms in total.